The molecule has 20 heavy (non-hydrogen) atoms. The van der Waals surface area contributed by atoms with Crippen LogP contribution >= 0.6 is 0 Å². The Bertz CT molecular complexity index is 462. The lowest BCUT2D eigenvalue weighted by atomic mass is 9.85. The van der Waals surface area contributed by atoms with Crippen LogP contribution in [0.15, 0.2) is 12.1 Å². The summed E-state index contributed by atoms with van der Waals surface area (Å²) in [7, 11) is 0. The molecule has 0 aromatic carbocycles. The van der Waals surface area contributed by atoms with Gasteiger partial charge < -0.3 is 10.5 Å². The van der Waals surface area contributed by atoms with Crippen LogP contribution in [0.1, 0.15) is 44.6 Å². The van der Waals surface area contributed by atoms with Crippen molar-refractivity contribution in [2.75, 3.05) is 5.73 Å². The maximum Gasteiger partial charge on any atom is 0.416 e. The third-order valence-electron chi connectivity index (χ3n) is 3.75. The normalized spacial score (nSPS) is 23.6. The SMILES string of the molecule is CCC1CCCC(Oc2cc(C(F)(F)F)cc(N)n2)C1. The van der Waals surface area contributed by atoms with Gasteiger partial charge >= 0.3 is 6.18 Å². The van der Waals surface area contributed by atoms with Crippen molar-refractivity contribution < 1.29 is 17.9 Å². The number of aromatic nitrogens is 1. The molecule has 0 bridgehead atoms. The Morgan fingerprint density at radius 1 is 1.35 bits per heavy atom. The molecule has 1 aromatic rings. The average Bonchev–Trinajstić information content (AvgIpc) is 2.37. The molecule has 1 aliphatic carbocycles. The number of hydrogen-bond acceptors (Lipinski definition) is 3. The molecule has 1 heterocycles. The number of alkyl halides is 3. The molecule has 0 spiro atoms. The quantitative estimate of drug-likeness (QED) is 0.913. The van der Waals surface area contributed by atoms with Crippen molar-refractivity contribution in [3.8, 4) is 5.88 Å². The molecule has 2 atom stereocenters. The van der Waals surface area contributed by atoms with Crippen LogP contribution in [0.4, 0.5) is 19.0 Å². The number of nitrogens with zero attached hydrogens (tertiary/aromatic N) is 1. The van der Waals surface area contributed by atoms with E-state index in [1.165, 1.54) is 0 Å². The van der Waals surface area contributed by atoms with Gasteiger partial charge in [0.25, 0.3) is 0 Å². The average molecular weight is 288 g/mol. The van der Waals surface area contributed by atoms with E-state index in [0.717, 1.165) is 44.2 Å². The first-order chi connectivity index (χ1) is 9.38. The minimum Gasteiger partial charge on any atom is -0.474 e. The van der Waals surface area contributed by atoms with Crippen molar-refractivity contribution in [2.45, 2.75) is 51.3 Å². The van der Waals surface area contributed by atoms with E-state index in [9.17, 15) is 13.2 Å². The maximum absolute atomic E-state index is 12.7. The van der Waals surface area contributed by atoms with Crippen molar-refractivity contribution >= 4 is 5.82 Å². The molecule has 1 aromatic heterocycles. The molecule has 1 aliphatic rings. The van der Waals surface area contributed by atoms with Gasteiger partial charge in [-0.3, -0.25) is 0 Å². The first kappa shape index (κ1) is 14.9. The van der Waals surface area contributed by atoms with Crippen molar-refractivity contribution in [2.24, 2.45) is 5.92 Å². The van der Waals surface area contributed by atoms with E-state index in [-0.39, 0.29) is 17.8 Å². The van der Waals surface area contributed by atoms with Gasteiger partial charge in [0.2, 0.25) is 5.88 Å². The van der Waals surface area contributed by atoms with E-state index in [2.05, 4.69) is 11.9 Å². The standard InChI is InChI=1S/C14H19F3N2O/c1-2-9-4-3-5-11(6-9)20-13-8-10(14(15,16)17)7-12(18)19-13/h7-9,11H,2-6H2,1H3,(H2,18,19). The summed E-state index contributed by atoms with van der Waals surface area (Å²) in [6.45, 7) is 2.12. The zero-order valence-electron chi connectivity index (χ0n) is 11.4. The molecule has 2 N–H and O–H groups in total. The van der Waals surface area contributed by atoms with E-state index in [0.29, 0.717) is 5.92 Å². The fraction of sp³-hybridized carbons (Fsp3) is 0.643. The Kier molecular flexibility index (Phi) is 4.40. The maximum atomic E-state index is 12.7. The van der Waals surface area contributed by atoms with Crippen LogP contribution in [0.25, 0.3) is 0 Å². The van der Waals surface area contributed by atoms with Gasteiger partial charge in [-0.1, -0.05) is 19.8 Å². The Balaban J connectivity index is 2.11. The molecule has 3 nitrogen and oxygen atoms in total. The Labute approximate surface area is 116 Å². The Morgan fingerprint density at radius 3 is 2.75 bits per heavy atom. The number of halogens is 3. The van der Waals surface area contributed by atoms with Gasteiger partial charge in [-0.2, -0.15) is 18.2 Å². The summed E-state index contributed by atoms with van der Waals surface area (Å²) in [5.74, 6) is 0.383. The molecular formula is C14H19F3N2O. The molecule has 0 radical (unpaired) electrons. The molecule has 0 aliphatic heterocycles. The number of pyridine rings is 1. The van der Waals surface area contributed by atoms with Gasteiger partial charge in [-0.15, -0.1) is 0 Å². The molecule has 1 saturated carbocycles. The van der Waals surface area contributed by atoms with Crippen LogP contribution in [0, 0.1) is 5.92 Å². The highest BCUT2D eigenvalue weighted by atomic mass is 19.4. The van der Waals surface area contributed by atoms with Gasteiger partial charge in [0, 0.05) is 6.07 Å². The highest BCUT2D eigenvalue weighted by Gasteiger charge is 2.32. The largest absolute Gasteiger partial charge is 0.474 e. The first-order valence-corrected chi connectivity index (χ1v) is 6.90. The van der Waals surface area contributed by atoms with E-state index in [4.69, 9.17) is 10.5 Å². The fourth-order valence-electron chi connectivity index (χ4n) is 2.64. The number of hydrogen-bond donors (Lipinski definition) is 1. The second kappa shape index (κ2) is 5.89. The van der Waals surface area contributed by atoms with Crippen molar-refractivity contribution in [3.05, 3.63) is 17.7 Å². The monoisotopic (exact) mass is 288 g/mol. The third-order valence-corrected chi connectivity index (χ3v) is 3.75. The summed E-state index contributed by atoms with van der Waals surface area (Å²) >= 11 is 0. The fourth-order valence-corrected chi connectivity index (χ4v) is 2.64. The predicted molar refractivity (Wildman–Crippen MR) is 70.3 cm³/mol. The van der Waals surface area contributed by atoms with Crippen LogP contribution < -0.4 is 10.5 Å². The van der Waals surface area contributed by atoms with Gasteiger partial charge in [0.05, 0.1) is 5.56 Å². The van der Waals surface area contributed by atoms with Crippen LogP contribution in [-0.4, -0.2) is 11.1 Å². The molecule has 0 amide bonds. The first-order valence-electron chi connectivity index (χ1n) is 6.90. The summed E-state index contributed by atoms with van der Waals surface area (Å²) in [5.41, 5.74) is 4.61. The summed E-state index contributed by atoms with van der Waals surface area (Å²) in [4.78, 5) is 3.85. The number of anilines is 1. The van der Waals surface area contributed by atoms with Gasteiger partial charge in [0.1, 0.15) is 11.9 Å². The summed E-state index contributed by atoms with van der Waals surface area (Å²) in [5, 5.41) is 0. The third kappa shape index (κ3) is 3.77. The second-order valence-corrected chi connectivity index (χ2v) is 5.30. The predicted octanol–water partition coefficient (Wildman–Crippen LogP) is 4.03. The summed E-state index contributed by atoms with van der Waals surface area (Å²) in [6, 6.07) is 1.74. The lowest BCUT2D eigenvalue weighted by Crippen LogP contribution is -2.25. The van der Waals surface area contributed by atoms with Crippen molar-refractivity contribution in [1.82, 2.24) is 4.98 Å². The minimum absolute atomic E-state index is 0.0286. The van der Waals surface area contributed by atoms with Crippen LogP contribution in [0.2, 0.25) is 0 Å². The summed E-state index contributed by atoms with van der Waals surface area (Å²) < 4.78 is 43.7. The van der Waals surface area contributed by atoms with E-state index >= 15 is 0 Å². The Morgan fingerprint density at radius 2 is 2.10 bits per heavy atom. The van der Waals surface area contributed by atoms with Crippen LogP contribution in [0.5, 0.6) is 5.88 Å². The van der Waals surface area contributed by atoms with Crippen molar-refractivity contribution in [3.63, 3.8) is 0 Å². The minimum atomic E-state index is -4.44. The number of ether oxygens (including phenoxy) is 1. The molecule has 0 saturated heterocycles. The molecule has 112 valence electrons. The highest BCUT2D eigenvalue weighted by molar-refractivity contribution is 5.38. The van der Waals surface area contributed by atoms with Gasteiger partial charge in [-0.05, 0) is 31.2 Å². The zero-order chi connectivity index (χ0) is 14.8. The number of nitrogens with two attached hydrogens (primary N) is 1. The topological polar surface area (TPSA) is 48.1 Å². The van der Waals surface area contributed by atoms with E-state index in [1.54, 1.807) is 0 Å². The molecule has 2 rings (SSSR count). The number of rotatable bonds is 3. The van der Waals surface area contributed by atoms with Crippen LogP contribution in [-0.2, 0) is 6.18 Å². The molecule has 6 heteroatoms. The Hall–Kier alpha value is -1.46. The lowest BCUT2D eigenvalue weighted by molar-refractivity contribution is -0.137. The zero-order valence-corrected chi connectivity index (χ0v) is 11.4. The second-order valence-electron chi connectivity index (χ2n) is 5.30. The van der Waals surface area contributed by atoms with Crippen molar-refractivity contribution in [1.29, 1.82) is 0 Å². The molecular weight excluding hydrogens is 269 g/mol. The van der Waals surface area contributed by atoms with Gasteiger partial charge in [0.15, 0.2) is 0 Å². The van der Waals surface area contributed by atoms with Gasteiger partial charge in [-0.25, -0.2) is 0 Å². The number of nitrogen functional groups attached to an aromatic ring is 1. The van der Waals surface area contributed by atoms with Crippen LogP contribution in [0.3, 0.4) is 0 Å². The van der Waals surface area contributed by atoms with E-state index < -0.39 is 11.7 Å². The highest BCUT2D eigenvalue weighted by Crippen LogP contribution is 2.34. The summed E-state index contributed by atoms with van der Waals surface area (Å²) in [6.07, 6.45) is 0.490. The smallest absolute Gasteiger partial charge is 0.416 e. The molecule has 1 fully saturated rings. The lowest BCUT2D eigenvalue weighted by Gasteiger charge is -2.28. The molecule has 2 unspecified atom stereocenters. The van der Waals surface area contributed by atoms with E-state index in [1.807, 2.05) is 0 Å².